The van der Waals surface area contributed by atoms with Gasteiger partial charge in [0, 0.05) is 25.5 Å². The summed E-state index contributed by atoms with van der Waals surface area (Å²) in [5.74, 6) is 2.02. The molecular formula is C11H19N3. The Labute approximate surface area is 85.5 Å². The smallest absolute Gasteiger partial charge is 0.125 e. The van der Waals surface area contributed by atoms with Crippen LogP contribution in [0.2, 0.25) is 0 Å². The third kappa shape index (κ3) is 1.98. The van der Waals surface area contributed by atoms with Crippen molar-refractivity contribution in [1.29, 1.82) is 0 Å². The van der Waals surface area contributed by atoms with E-state index in [9.17, 15) is 0 Å². The molecule has 0 amide bonds. The van der Waals surface area contributed by atoms with Crippen molar-refractivity contribution in [3.8, 4) is 0 Å². The molecule has 1 saturated carbocycles. The summed E-state index contributed by atoms with van der Waals surface area (Å²) in [5, 5.41) is 3.60. The summed E-state index contributed by atoms with van der Waals surface area (Å²) in [7, 11) is 2.04. The lowest BCUT2D eigenvalue weighted by Crippen LogP contribution is -2.31. The lowest BCUT2D eigenvalue weighted by atomic mass is 10.2. The Morgan fingerprint density at radius 3 is 2.71 bits per heavy atom. The molecular weight excluding hydrogens is 174 g/mol. The number of rotatable bonds is 4. The van der Waals surface area contributed by atoms with E-state index < -0.39 is 0 Å². The number of nitrogens with one attached hydrogen (secondary N) is 1. The van der Waals surface area contributed by atoms with E-state index in [1.54, 1.807) is 0 Å². The molecule has 3 nitrogen and oxygen atoms in total. The summed E-state index contributed by atoms with van der Waals surface area (Å²) in [6.07, 6.45) is 6.63. The predicted molar refractivity (Wildman–Crippen MR) is 56.9 cm³/mol. The van der Waals surface area contributed by atoms with E-state index in [-0.39, 0.29) is 0 Å². The van der Waals surface area contributed by atoms with E-state index in [0.29, 0.717) is 12.1 Å². The van der Waals surface area contributed by atoms with Crippen LogP contribution in [0.5, 0.6) is 0 Å². The first-order chi connectivity index (χ1) is 6.68. The second-order valence-corrected chi connectivity index (χ2v) is 4.41. The van der Waals surface area contributed by atoms with Gasteiger partial charge in [0.15, 0.2) is 0 Å². The highest BCUT2D eigenvalue weighted by atomic mass is 15.1. The highest BCUT2D eigenvalue weighted by molar-refractivity contribution is 4.98. The lowest BCUT2D eigenvalue weighted by molar-refractivity contribution is 0.423. The largest absolute Gasteiger partial charge is 0.337 e. The maximum Gasteiger partial charge on any atom is 0.125 e. The van der Waals surface area contributed by atoms with Crippen LogP contribution in [-0.2, 0) is 7.05 Å². The number of aromatic nitrogens is 2. The SMILES string of the molecule is CC(NC(C)C1CC1)c1nccn1C. The molecule has 0 bridgehead atoms. The van der Waals surface area contributed by atoms with Gasteiger partial charge >= 0.3 is 0 Å². The first-order valence-corrected chi connectivity index (χ1v) is 5.41. The van der Waals surface area contributed by atoms with E-state index in [1.165, 1.54) is 12.8 Å². The number of nitrogens with zero attached hydrogens (tertiary/aromatic N) is 2. The molecule has 0 radical (unpaired) electrons. The number of hydrogen-bond acceptors (Lipinski definition) is 2. The van der Waals surface area contributed by atoms with E-state index in [2.05, 4.69) is 28.7 Å². The van der Waals surface area contributed by atoms with Gasteiger partial charge in [0.2, 0.25) is 0 Å². The zero-order chi connectivity index (χ0) is 10.1. The van der Waals surface area contributed by atoms with Crippen LogP contribution in [-0.4, -0.2) is 15.6 Å². The molecule has 2 unspecified atom stereocenters. The third-order valence-corrected chi connectivity index (χ3v) is 3.09. The fourth-order valence-corrected chi connectivity index (χ4v) is 2.00. The molecule has 0 spiro atoms. The van der Waals surface area contributed by atoms with Gasteiger partial charge < -0.3 is 9.88 Å². The Balaban J connectivity index is 1.94. The van der Waals surface area contributed by atoms with Gasteiger partial charge in [0.1, 0.15) is 5.82 Å². The molecule has 0 saturated heterocycles. The van der Waals surface area contributed by atoms with Crippen LogP contribution in [0.4, 0.5) is 0 Å². The normalized spacial score (nSPS) is 20.8. The highest BCUT2D eigenvalue weighted by Crippen LogP contribution is 2.33. The van der Waals surface area contributed by atoms with E-state index >= 15 is 0 Å². The van der Waals surface area contributed by atoms with Gasteiger partial charge in [-0.2, -0.15) is 0 Å². The van der Waals surface area contributed by atoms with Crippen LogP contribution < -0.4 is 5.32 Å². The summed E-state index contributed by atoms with van der Waals surface area (Å²) in [6.45, 7) is 4.46. The Bertz CT molecular complexity index is 301. The standard InChI is InChI=1S/C11H19N3/c1-8(10-4-5-10)13-9(2)11-12-6-7-14(11)3/h6-10,13H,4-5H2,1-3H3. The van der Waals surface area contributed by atoms with E-state index in [4.69, 9.17) is 0 Å². The number of hydrogen-bond donors (Lipinski definition) is 1. The van der Waals surface area contributed by atoms with Gasteiger partial charge in [0.25, 0.3) is 0 Å². The van der Waals surface area contributed by atoms with Crippen molar-refractivity contribution in [1.82, 2.24) is 14.9 Å². The number of aryl methyl sites for hydroxylation is 1. The summed E-state index contributed by atoms with van der Waals surface area (Å²) in [5.41, 5.74) is 0. The Morgan fingerprint density at radius 2 is 2.21 bits per heavy atom. The Kier molecular flexibility index (Phi) is 2.59. The predicted octanol–water partition coefficient (Wildman–Crippen LogP) is 1.87. The molecule has 1 aromatic rings. The zero-order valence-electron chi connectivity index (χ0n) is 9.20. The average Bonchev–Trinajstić information content (AvgIpc) is 2.89. The van der Waals surface area contributed by atoms with Crippen molar-refractivity contribution in [3.63, 3.8) is 0 Å². The molecule has 1 aliphatic rings. The first-order valence-electron chi connectivity index (χ1n) is 5.41. The fraction of sp³-hybridized carbons (Fsp3) is 0.727. The second-order valence-electron chi connectivity index (χ2n) is 4.41. The minimum absolute atomic E-state index is 0.352. The summed E-state index contributed by atoms with van der Waals surface area (Å²) in [6, 6.07) is 0.979. The zero-order valence-corrected chi connectivity index (χ0v) is 9.20. The summed E-state index contributed by atoms with van der Waals surface area (Å²) < 4.78 is 2.08. The highest BCUT2D eigenvalue weighted by Gasteiger charge is 2.29. The fourth-order valence-electron chi connectivity index (χ4n) is 2.00. The topological polar surface area (TPSA) is 29.9 Å². The van der Waals surface area contributed by atoms with Crippen molar-refractivity contribution in [3.05, 3.63) is 18.2 Å². The molecule has 3 heteroatoms. The molecule has 2 atom stereocenters. The van der Waals surface area contributed by atoms with Gasteiger partial charge in [-0.1, -0.05) is 0 Å². The van der Waals surface area contributed by atoms with Crippen molar-refractivity contribution in [2.24, 2.45) is 13.0 Å². The third-order valence-electron chi connectivity index (χ3n) is 3.09. The van der Waals surface area contributed by atoms with Gasteiger partial charge in [-0.15, -0.1) is 0 Å². The molecule has 78 valence electrons. The monoisotopic (exact) mass is 193 g/mol. The van der Waals surface area contributed by atoms with Gasteiger partial charge in [-0.3, -0.25) is 0 Å². The Hall–Kier alpha value is -0.830. The quantitative estimate of drug-likeness (QED) is 0.791. The molecule has 1 aromatic heterocycles. The molecule has 0 aromatic carbocycles. The van der Waals surface area contributed by atoms with Crippen molar-refractivity contribution >= 4 is 0 Å². The van der Waals surface area contributed by atoms with Crippen LogP contribution in [0.15, 0.2) is 12.4 Å². The molecule has 1 fully saturated rings. The van der Waals surface area contributed by atoms with Gasteiger partial charge in [-0.25, -0.2) is 4.98 Å². The lowest BCUT2D eigenvalue weighted by Gasteiger charge is -2.19. The maximum atomic E-state index is 4.35. The average molecular weight is 193 g/mol. The van der Waals surface area contributed by atoms with Crippen LogP contribution in [0.25, 0.3) is 0 Å². The second kappa shape index (κ2) is 3.73. The Morgan fingerprint density at radius 1 is 1.50 bits per heavy atom. The molecule has 1 heterocycles. The van der Waals surface area contributed by atoms with Crippen LogP contribution in [0.3, 0.4) is 0 Å². The van der Waals surface area contributed by atoms with Crippen LogP contribution in [0, 0.1) is 5.92 Å². The van der Waals surface area contributed by atoms with E-state index in [1.807, 2.05) is 19.4 Å². The van der Waals surface area contributed by atoms with Crippen LogP contribution >= 0.6 is 0 Å². The molecule has 1 N–H and O–H groups in total. The summed E-state index contributed by atoms with van der Waals surface area (Å²) >= 11 is 0. The molecule has 1 aliphatic carbocycles. The molecule has 2 rings (SSSR count). The van der Waals surface area contributed by atoms with Gasteiger partial charge in [0.05, 0.1) is 6.04 Å². The van der Waals surface area contributed by atoms with Crippen molar-refractivity contribution < 1.29 is 0 Å². The minimum Gasteiger partial charge on any atom is -0.337 e. The van der Waals surface area contributed by atoms with Crippen molar-refractivity contribution in [2.75, 3.05) is 0 Å². The van der Waals surface area contributed by atoms with E-state index in [0.717, 1.165) is 11.7 Å². The van der Waals surface area contributed by atoms with Crippen molar-refractivity contribution in [2.45, 2.75) is 38.8 Å². The van der Waals surface area contributed by atoms with Crippen LogP contribution in [0.1, 0.15) is 38.6 Å². The first kappa shape index (κ1) is 9.71. The minimum atomic E-state index is 0.352. The van der Waals surface area contributed by atoms with Gasteiger partial charge in [-0.05, 0) is 32.6 Å². The molecule has 14 heavy (non-hydrogen) atoms. The summed E-state index contributed by atoms with van der Waals surface area (Å²) in [4.78, 5) is 4.35. The number of imidazole rings is 1. The molecule has 0 aliphatic heterocycles. The maximum absolute atomic E-state index is 4.35.